The normalized spacial score (nSPS) is 20.3. The van der Waals surface area contributed by atoms with Crippen LogP contribution in [0.15, 0.2) is 18.3 Å². The molecule has 1 unspecified atom stereocenters. The molecule has 0 radical (unpaired) electrons. The fourth-order valence-corrected chi connectivity index (χ4v) is 1.84. The molecule has 0 saturated carbocycles. The number of halogens is 2. The van der Waals surface area contributed by atoms with Crippen LogP contribution in [0, 0.1) is 0 Å². The van der Waals surface area contributed by atoms with Gasteiger partial charge in [-0.2, -0.15) is 4.98 Å². The van der Waals surface area contributed by atoms with E-state index < -0.39 is 0 Å². The van der Waals surface area contributed by atoms with Crippen LogP contribution in [0.3, 0.4) is 0 Å². The summed E-state index contributed by atoms with van der Waals surface area (Å²) in [5.74, 6) is 0.622. The Hall–Kier alpha value is -0.800. The molecular formula is C10H11Cl2N3. The first kappa shape index (κ1) is 10.7. The van der Waals surface area contributed by atoms with Gasteiger partial charge in [0.15, 0.2) is 0 Å². The highest BCUT2D eigenvalue weighted by Gasteiger charge is 2.12. The SMILES string of the molecule is Clc1ncc(Cl)c(NC2CC=CCC2)n1. The second-order valence-electron chi connectivity index (χ2n) is 3.46. The maximum atomic E-state index is 5.95. The number of hydrogen-bond acceptors (Lipinski definition) is 3. The first-order valence-electron chi connectivity index (χ1n) is 4.85. The monoisotopic (exact) mass is 243 g/mol. The van der Waals surface area contributed by atoms with Crippen LogP contribution in [-0.4, -0.2) is 16.0 Å². The van der Waals surface area contributed by atoms with Crippen molar-refractivity contribution in [3.05, 3.63) is 28.7 Å². The largest absolute Gasteiger partial charge is 0.366 e. The van der Waals surface area contributed by atoms with Gasteiger partial charge in [-0.15, -0.1) is 0 Å². The zero-order valence-corrected chi connectivity index (χ0v) is 9.59. The Morgan fingerprint density at radius 3 is 2.93 bits per heavy atom. The zero-order chi connectivity index (χ0) is 10.7. The van der Waals surface area contributed by atoms with Crippen molar-refractivity contribution in [2.24, 2.45) is 0 Å². The van der Waals surface area contributed by atoms with E-state index >= 15 is 0 Å². The van der Waals surface area contributed by atoms with E-state index in [4.69, 9.17) is 23.2 Å². The Labute approximate surface area is 98.5 Å². The van der Waals surface area contributed by atoms with Crippen molar-refractivity contribution in [2.45, 2.75) is 25.3 Å². The molecule has 0 fully saturated rings. The van der Waals surface area contributed by atoms with E-state index in [1.54, 1.807) is 0 Å². The highest BCUT2D eigenvalue weighted by Crippen LogP contribution is 2.23. The van der Waals surface area contributed by atoms with Gasteiger partial charge in [-0.05, 0) is 30.9 Å². The number of hydrogen-bond donors (Lipinski definition) is 1. The van der Waals surface area contributed by atoms with Crippen molar-refractivity contribution < 1.29 is 0 Å². The van der Waals surface area contributed by atoms with Gasteiger partial charge < -0.3 is 5.32 Å². The fourth-order valence-electron chi connectivity index (χ4n) is 1.56. The molecule has 0 spiro atoms. The Balaban J connectivity index is 2.09. The molecule has 1 heterocycles. The summed E-state index contributed by atoms with van der Waals surface area (Å²) in [4.78, 5) is 7.85. The van der Waals surface area contributed by atoms with E-state index in [9.17, 15) is 0 Å². The molecule has 0 amide bonds. The van der Waals surface area contributed by atoms with Crippen molar-refractivity contribution in [3.63, 3.8) is 0 Å². The van der Waals surface area contributed by atoms with Gasteiger partial charge in [0.25, 0.3) is 0 Å². The van der Waals surface area contributed by atoms with E-state index in [1.807, 2.05) is 0 Å². The van der Waals surface area contributed by atoms with Crippen molar-refractivity contribution in [1.82, 2.24) is 9.97 Å². The molecule has 0 bridgehead atoms. The summed E-state index contributed by atoms with van der Waals surface area (Å²) in [6.45, 7) is 0. The average molecular weight is 244 g/mol. The number of rotatable bonds is 2. The van der Waals surface area contributed by atoms with Gasteiger partial charge in [-0.25, -0.2) is 4.98 Å². The van der Waals surface area contributed by atoms with Crippen LogP contribution in [0.4, 0.5) is 5.82 Å². The lowest BCUT2D eigenvalue weighted by Crippen LogP contribution is -2.21. The molecule has 1 aliphatic carbocycles. The number of nitrogens with one attached hydrogen (secondary N) is 1. The van der Waals surface area contributed by atoms with Crippen LogP contribution in [0.25, 0.3) is 0 Å². The molecule has 0 aromatic carbocycles. The van der Waals surface area contributed by atoms with E-state index in [0.717, 1.165) is 19.3 Å². The van der Waals surface area contributed by atoms with Gasteiger partial charge in [0.2, 0.25) is 5.28 Å². The van der Waals surface area contributed by atoms with Crippen molar-refractivity contribution in [2.75, 3.05) is 5.32 Å². The Morgan fingerprint density at radius 1 is 1.33 bits per heavy atom. The third-order valence-corrected chi connectivity index (χ3v) is 2.78. The van der Waals surface area contributed by atoms with Gasteiger partial charge in [-0.3, -0.25) is 0 Å². The summed E-state index contributed by atoms with van der Waals surface area (Å²) in [6.07, 6.45) is 9.04. The summed E-state index contributed by atoms with van der Waals surface area (Å²) in [7, 11) is 0. The smallest absolute Gasteiger partial charge is 0.224 e. The molecule has 0 aliphatic heterocycles. The van der Waals surface area contributed by atoms with Gasteiger partial charge in [0.1, 0.15) is 10.8 Å². The Morgan fingerprint density at radius 2 is 2.20 bits per heavy atom. The number of aromatic nitrogens is 2. The maximum absolute atomic E-state index is 5.95. The second-order valence-corrected chi connectivity index (χ2v) is 4.21. The minimum atomic E-state index is 0.216. The predicted octanol–water partition coefficient (Wildman–Crippen LogP) is 3.30. The van der Waals surface area contributed by atoms with Crippen LogP contribution in [0.1, 0.15) is 19.3 Å². The minimum Gasteiger partial charge on any atom is -0.366 e. The topological polar surface area (TPSA) is 37.8 Å². The minimum absolute atomic E-state index is 0.216. The van der Waals surface area contributed by atoms with E-state index in [-0.39, 0.29) is 5.28 Å². The fraction of sp³-hybridized carbons (Fsp3) is 0.400. The predicted molar refractivity (Wildman–Crippen MR) is 62.5 cm³/mol. The Kier molecular flexibility index (Phi) is 3.44. The average Bonchev–Trinajstić information content (AvgIpc) is 2.25. The summed E-state index contributed by atoms with van der Waals surface area (Å²) < 4.78 is 0. The Bertz CT molecular complexity index is 379. The van der Waals surface area contributed by atoms with Gasteiger partial charge in [0.05, 0.1) is 6.20 Å². The highest BCUT2D eigenvalue weighted by atomic mass is 35.5. The number of allylic oxidation sites excluding steroid dienone is 1. The van der Waals surface area contributed by atoms with Gasteiger partial charge >= 0.3 is 0 Å². The van der Waals surface area contributed by atoms with Crippen LogP contribution in [0.2, 0.25) is 10.3 Å². The molecule has 5 heteroatoms. The first-order valence-corrected chi connectivity index (χ1v) is 5.61. The third kappa shape index (κ3) is 2.83. The van der Waals surface area contributed by atoms with Crippen LogP contribution in [-0.2, 0) is 0 Å². The van der Waals surface area contributed by atoms with Crippen LogP contribution in [0.5, 0.6) is 0 Å². The van der Waals surface area contributed by atoms with E-state index in [1.165, 1.54) is 6.20 Å². The van der Waals surface area contributed by atoms with Crippen LogP contribution < -0.4 is 5.32 Å². The molecule has 3 nitrogen and oxygen atoms in total. The van der Waals surface area contributed by atoms with Gasteiger partial charge in [0, 0.05) is 6.04 Å². The molecule has 15 heavy (non-hydrogen) atoms. The van der Waals surface area contributed by atoms with Crippen molar-refractivity contribution >= 4 is 29.0 Å². The standard InChI is InChI=1S/C10H11Cl2N3/c11-8-6-13-10(12)15-9(8)14-7-4-2-1-3-5-7/h1-2,6-7H,3-5H2,(H,13,14,15). The van der Waals surface area contributed by atoms with Crippen molar-refractivity contribution in [1.29, 1.82) is 0 Å². The van der Waals surface area contributed by atoms with E-state index in [2.05, 4.69) is 27.4 Å². The van der Waals surface area contributed by atoms with Gasteiger partial charge in [-0.1, -0.05) is 23.8 Å². The van der Waals surface area contributed by atoms with E-state index in [0.29, 0.717) is 16.9 Å². The number of anilines is 1. The number of nitrogens with zero attached hydrogens (tertiary/aromatic N) is 2. The highest BCUT2D eigenvalue weighted by molar-refractivity contribution is 6.33. The summed E-state index contributed by atoms with van der Waals surface area (Å²) in [5, 5.41) is 4.00. The van der Waals surface area contributed by atoms with Crippen molar-refractivity contribution in [3.8, 4) is 0 Å². The summed E-state index contributed by atoms with van der Waals surface area (Å²) in [5.41, 5.74) is 0. The molecule has 1 aromatic rings. The van der Waals surface area contributed by atoms with Crippen LogP contribution >= 0.6 is 23.2 Å². The molecule has 1 atom stereocenters. The lowest BCUT2D eigenvalue weighted by atomic mass is 10.0. The molecule has 2 rings (SSSR count). The molecule has 0 saturated heterocycles. The lowest BCUT2D eigenvalue weighted by molar-refractivity contribution is 0.642. The molecular weight excluding hydrogens is 233 g/mol. The molecule has 1 aliphatic rings. The first-order chi connectivity index (χ1) is 7.25. The third-order valence-electron chi connectivity index (χ3n) is 2.32. The zero-order valence-electron chi connectivity index (χ0n) is 8.08. The quantitative estimate of drug-likeness (QED) is 0.640. The second kappa shape index (κ2) is 4.81. The summed E-state index contributed by atoms with van der Waals surface area (Å²) >= 11 is 11.7. The summed E-state index contributed by atoms with van der Waals surface area (Å²) in [6, 6.07) is 0.387. The lowest BCUT2D eigenvalue weighted by Gasteiger charge is -2.20. The molecule has 1 aromatic heterocycles. The molecule has 1 N–H and O–H groups in total. The maximum Gasteiger partial charge on any atom is 0.224 e. The molecule has 80 valence electrons.